The molecule has 0 amide bonds. The Labute approximate surface area is 219 Å². The summed E-state index contributed by atoms with van der Waals surface area (Å²) in [4.78, 5) is 3.73. The van der Waals surface area contributed by atoms with Gasteiger partial charge < -0.3 is 23.7 Å². The molecule has 0 aliphatic carbocycles. The average Bonchev–Trinajstić information content (AvgIpc) is 2.93. The van der Waals surface area contributed by atoms with E-state index in [1.54, 1.807) is 18.2 Å². The normalized spacial score (nSPS) is 27.9. The molecule has 6 atom stereocenters. The molecule has 2 aliphatic heterocycles. The lowest BCUT2D eigenvalue weighted by atomic mass is 9.89. The van der Waals surface area contributed by atoms with E-state index < -0.39 is 43.0 Å². The molecule has 2 fully saturated rings. The van der Waals surface area contributed by atoms with Crippen molar-refractivity contribution in [2.45, 2.75) is 50.6 Å². The quantitative estimate of drug-likeness (QED) is 0.276. The third kappa shape index (κ3) is 6.24. The number of halogens is 3. The molecule has 0 bridgehead atoms. The minimum Gasteiger partial charge on any atom is -0.441 e. The van der Waals surface area contributed by atoms with Crippen molar-refractivity contribution in [3.05, 3.63) is 102 Å². The Balaban J connectivity index is 1.40. The van der Waals surface area contributed by atoms with Crippen molar-refractivity contribution >= 4 is 11.6 Å². The minimum atomic E-state index is -4.85. The predicted molar refractivity (Wildman–Crippen MR) is 134 cm³/mol. The van der Waals surface area contributed by atoms with Gasteiger partial charge in [-0.1, -0.05) is 85.8 Å². The van der Waals surface area contributed by atoms with Gasteiger partial charge in [0.05, 0.1) is 25.0 Å². The van der Waals surface area contributed by atoms with Gasteiger partial charge >= 0.3 is 6.18 Å². The maximum atomic E-state index is 14.0. The Bertz CT molecular complexity index is 1190. The summed E-state index contributed by atoms with van der Waals surface area (Å²) in [6.07, 6.45) is -8.89. The van der Waals surface area contributed by atoms with Gasteiger partial charge in [0.15, 0.2) is 6.29 Å². The van der Waals surface area contributed by atoms with Gasteiger partial charge in [0, 0.05) is 11.5 Å². The number of fused-ring (bicyclic) bond motifs is 1. The molecule has 200 valence electrons. The van der Waals surface area contributed by atoms with E-state index in [-0.39, 0.29) is 24.8 Å². The molecule has 6 nitrogen and oxygen atoms in total. The lowest BCUT2D eigenvalue weighted by molar-refractivity contribution is -0.348. The predicted octanol–water partition coefficient (Wildman–Crippen LogP) is 6.36. The van der Waals surface area contributed by atoms with Crippen molar-refractivity contribution in [1.29, 1.82) is 0 Å². The summed E-state index contributed by atoms with van der Waals surface area (Å²) in [6, 6.07) is 26.6. The van der Waals surface area contributed by atoms with Crippen LogP contribution in [0.2, 0.25) is 0 Å². The number of aliphatic imine (C=N–C) groups is 1. The second-order valence-corrected chi connectivity index (χ2v) is 9.21. The largest absolute Gasteiger partial charge is 0.468 e. The monoisotopic (exact) mass is 527 g/mol. The van der Waals surface area contributed by atoms with E-state index in [0.717, 1.165) is 11.1 Å². The van der Waals surface area contributed by atoms with Crippen LogP contribution in [0.3, 0.4) is 0 Å². The molecule has 3 aromatic carbocycles. The first kappa shape index (κ1) is 26.4. The Hall–Kier alpha value is -3.24. The summed E-state index contributed by atoms with van der Waals surface area (Å²) in [5.41, 5.74) is 1.82. The second kappa shape index (κ2) is 11.7. The minimum absolute atomic E-state index is 0.110. The van der Waals surface area contributed by atoms with E-state index in [1.165, 1.54) is 12.1 Å². The highest BCUT2D eigenvalue weighted by Crippen LogP contribution is 2.39. The smallest absolute Gasteiger partial charge is 0.441 e. The second-order valence-electron chi connectivity index (χ2n) is 9.21. The van der Waals surface area contributed by atoms with Crippen LogP contribution in [0.5, 0.6) is 0 Å². The molecule has 0 saturated carbocycles. The van der Waals surface area contributed by atoms with Crippen LogP contribution in [0.25, 0.3) is 0 Å². The van der Waals surface area contributed by atoms with Crippen molar-refractivity contribution < 1.29 is 36.9 Å². The standard InChI is InChI=1S/C29H28F3NO5/c1-19-24-23(18-35-26(37-24)21-13-7-3-8-14-21)36-27(25(19)34-17-20-11-5-2-6-12-20)38-28(29(30,31)32)33-22-15-9-4-10-16-22/h2-16,19,23-27H,17-18H2,1H3/b33-28-/t19-,23?,24+,25?,26?,27-/m0/s1. The Morgan fingerprint density at radius 2 is 1.53 bits per heavy atom. The van der Waals surface area contributed by atoms with Crippen LogP contribution in [0.15, 0.2) is 96.0 Å². The summed E-state index contributed by atoms with van der Waals surface area (Å²) < 4.78 is 71.8. The van der Waals surface area contributed by atoms with Crippen molar-refractivity contribution in [2.24, 2.45) is 10.9 Å². The van der Waals surface area contributed by atoms with Crippen LogP contribution < -0.4 is 0 Å². The molecule has 2 heterocycles. The van der Waals surface area contributed by atoms with Gasteiger partial charge in [-0.2, -0.15) is 13.2 Å². The summed E-state index contributed by atoms with van der Waals surface area (Å²) in [5, 5.41) is 0. The SMILES string of the molecule is C[C@@H]1C(OCc2ccccc2)[C@H](O/C(=N\c2ccccc2)C(F)(F)F)OC2COC(c3ccccc3)O[C@@H]21. The van der Waals surface area contributed by atoms with E-state index in [1.807, 2.05) is 67.6 Å². The van der Waals surface area contributed by atoms with E-state index in [2.05, 4.69) is 4.99 Å². The number of para-hydroxylation sites is 1. The molecule has 3 aromatic rings. The van der Waals surface area contributed by atoms with E-state index in [4.69, 9.17) is 23.7 Å². The molecule has 2 aliphatic rings. The highest BCUT2D eigenvalue weighted by Gasteiger charge is 2.51. The van der Waals surface area contributed by atoms with Gasteiger partial charge in [-0.05, 0) is 17.7 Å². The van der Waals surface area contributed by atoms with Crippen LogP contribution in [0.4, 0.5) is 18.9 Å². The summed E-state index contributed by atoms with van der Waals surface area (Å²) in [6.45, 7) is 2.14. The first-order valence-corrected chi connectivity index (χ1v) is 12.4. The zero-order valence-corrected chi connectivity index (χ0v) is 20.7. The van der Waals surface area contributed by atoms with Gasteiger partial charge in [0.1, 0.15) is 12.2 Å². The molecular formula is C29H28F3NO5. The fourth-order valence-corrected chi connectivity index (χ4v) is 4.57. The van der Waals surface area contributed by atoms with Crippen molar-refractivity contribution in [3.8, 4) is 0 Å². The average molecular weight is 528 g/mol. The molecule has 9 heteroatoms. The molecule has 0 spiro atoms. The Morgan fingerprint density at radius 3 is 2.18 bits per heavy atom. The third-order valence-corrected chi connectivity index (χ3v) is 6.49. The Kier molecular flexibility index (Phi) is 8.09. The van der Waals surface area contributed by atoms with Gasteiger partial charge in [0.25, 0.3) is 5.90 Å². The summed E-state index contributed by atoms with van der Waals surface area (Å²) in [7, 11) is 0. The highest BCUT2D eigenvalue weighted by molar-refractivity contribution is 5.84. The first-order valence-electron chi connectivity index (χ1n) is 12.4. The lowest BCUT2D eigenvalue weighted by Crippen LogP contribution is -2.60. The number of hydrogen-bond acceptors (Lipinski definition) is 6. The van der Waals surface area contributed by atoms with Crippen molar-refractivity contribution in [1.82, 2.24) is 0 Å². The summed E-state index contributed by atoms with van der Waals surface area (Å²) >= 11 is 0. The Morgan fingerprint density at radius 1 is 0.895 bits per heavy atom. The number of hydrogen-bond donors (Lipinski definition) is 0. The number of rotatable bonds is 6. The van der Waals surface area contributed by atoms with Crippen molar-refractivity contribution in [3.63, 3.8) is 0 Å². The molecule has 5 rings (SSSR count). The van der Waals surface area contributed by atoms with Gasteiger partial charge in [-0.15, -0.1) is 0 Å². The van der Waals surface area contributed by atoms with Crippen molar-refractivity contribution in [2.75, 3.05) is 6.61 Å². The van der Waals surface area contributed by atoms with Crippen LogP contribution in [-0.4, -0.2) is 43.3 Å². The topological polar surface area (TPSA) is 58.5 Å². The van der Waals surface area contributed by atoms with Crippen LogP contribution in [-0.2, 0) is 30.3 Å². The maximum absolute atomic E-state index is 14.0. The van der Waals surface area contributed by atoms with Crippen LogP contribution >= 0.6 is 0 Å². The number of benzene rings is 3. The molecule has 0 N–H and O–H groups in total. The maximum Gasteiger partial charge on any atom is 0.468 e. The number of ether oxygens (including phenoxy) is 5. The molecule has 3 unspecified atom stereocenters. The van der Waals surface area contributed by atoms with E-state index in [9.17, 15) is 13.2 Å². The first-order chi connectivity index (χ1) is 18.4. The van der Waals surface area contributed by atoms with Gasteiger partial charge in [-0.25, -0.2) is 4.99 Å². The zero-order chi connectivity index (χ0) is 26.5. The molecule has 0 radical (unpaired) electrons. The fourth-order valence-electron chi connectivity index (χ4n) is 4.57. The van der Waals surface area contributed by atoms with E-state index >= 15 is 0 Å². The van der Waals surface area contributed by atoms with Gasteiger partial charge in [-0.3, -0.25) is 0 Å². The molecule has 0 aromatic heterocycles. The molecule has 38 heavy (non-hydrogen) atoms. The van der Waals surface area contributed by atoms with E-state index in [0.29, 0.717) is 0 Å². The number of nitrogens with zero attached hydrogens (tertiary/aromatic N) is 1. The van der Waals surface area contributed by atoms with Crippen LogP contribution in [0, 0.1) is 5.92 Å². The lowest BCUT2D eigenvalue weighted by Gasteiger charge is -2.48. The zero-order valence-electron chi connectivity index (χ0n) is 20.7. The molecule has 2 saturated heterocycles. The third-order valence-electron chi connectivity index (χ3n) is 6.49. The summed E-state index contributed by atoms with van der Waals surface area (Å²) in [5.74, 6) is -1.80. The van der Waals surface area contributed by atoms with Gasteiger partial charge in [0.2, 0.25) is 6.29 Å². The molecular weight excluding hydrogens is 499 g/mol. The number of alkyl halides is 3. The van der Waals surface area contributed by atoms with Crippen LogP contribution in [0.1, 0.15) is 24.3 Å². The fraction of sp³-hybridized carbons (Fsp3) is 0.345. The highest BCUT2D eigenvalue weighted by atomic mass is 19.4.